The fourth-order valence-corrected chi connectivity index (χ4v) is 4.84. The number of benzene rings is 2. The molecule has 5 rings (SSSR count). The van der Waals surface area contributed by atoms with E-state index in [1.165, 1.54) is 13.2 Å². The van der Waals surface area contributed by atoms with Gasteiger partial charge in [-0.2, -0.15) is 5.10 Å². The lowest BCUT2D eigenvalue weighted by Gasteiger charge is -2.29. The van der Waals surface area contributed by atoms with E-state index in [2.05, 4.69) is 22.1 Å². The molecule has 0 spiro atoms. The number of rotatable bonds is 6. The first-order valence-electron chi connectivity index (χ1n) is 11.2. The molecule has 2 N–H and O–H groups in total. The zero-order valence-corrected chi connectivity index (χ0v) is 21.0. The Bertz CT molecular complexity index is 1360. The topological polar surface area (TPSA) is 83.5 Å². The Morgan fingerprint density at radius 1 is 1.23 bits per heavy atom. The van der Waals surface area contributed by atoms with E-state index in [-0.39, 0.29) is 23.2 Å². The molecule has 1 aliphatic heterocycles. The number of aromatic nitrogens is 3. The number of nitrogens with zero attached hydrogens (tertiary/aromatic N) is 3. The summed E-state index contributed by atoms with van der Waals surface area (Å²) in [5.74, 6) is 1.26. The molecule has 0 bridgehead atoms. The quantitative estimate of drug-likeness (QED) is 0.336. The summed E-state index contributed by atoms with van der Waals surface area (Å²) in [7, 11) is 3.64. The summed E-state index contributed by atoms with van der Waals surface area (Å²) < 4.78 is 26.5. The maximum Gasteiger partial charge on any atom is 0.167 e. The second-order valence-electron chi connectivity index (χ2n) is 8.76. The van der Waals surface area contributed by atoms with Crippen LogP contribution in [0.4, 0.5) is 4.39 Å². The van der Waals surface area contributed by atoms with Crippen molar-refractivity contribution < 1.29 is 19.0 Å². The van der Waals surface area contributed by atoms with Crippen LogP contribution in [0.15, 0.2) is 30.5 Å². The number of fused-ring (bicyclic) bond motifs is 3. The highest BCUT2D eigenvalue weighted by Gasteiger charge is 2.24. The van der Waals surface area contributed by atoms with Crippen molar-refractivity contribution in [3.8, 4) is 28.5 Å². The molecule has 35 heavy (non-hydrogen) atoms. The molecule has 2 aromatic carbocycles. The first kappa shape index (κ1) is 25.3. The molecule has 2 aromatic heterocycles. The number of H-pyrrole nitrogens is 1. The summed E-state index contributed by atoms with van der Waals surface area (Å²) in [6.07, 6.45) is 3.79. The van der Waals surface area contributed by atoms with Crippen molar-refractivity contribution in [1.29, 1.82) is 0 Å². The summed E-state index contributed by atoms with van der Waals surface area (Å²) >= 11 is 6.17. The summed E-state index contributed by atoms with van der Waals surface area (Å²) in [6.45, 7) is 1.85. The van der Waals surface area contributed by atoms with Crippen LogP contribution in [0, 0.1) is 5.92 Å². The van der Waals surface area contributed by atoms with Gasteiger partial charge in [-0.25, -0.2) is 9.37 Å². The number of phenolic OH excluding ortho intramolecular Hbond substituents is 1. The van der Waals surface area contributed by atoms with Gasteiger partial charge in [0.05, 0.1) is 30.6 Å². The maximum absolute atomic E-state index is 14.6. The maximum atomic E-state index is 14.6. The molecular formula is C25H27Cl2FN4O3. The monoisotopic (exact) mass is 520 g/mol. The molecule has 186 valence electrons. The number of phenols is 1. The van der Waals surface area contributed by atoms with E-state index in [0.717, 1.165) is 36.7 Å². The van der Waals surface area contributed by atoms with Crippen LogP contribution in [-0.2, 0) is 6.67 Å². The number of aromatic hydroxyl groups is 1. The van der Waals surface area contributed by atoms with E-state index in [4.69, 9.17) is 26.1 Å². The Hall–Kier alpha value is -2.81. The van der Waals surface area contributed by atoms with Crippen molar-refractivity contribution in [3.05, 3.63) is 41.0 Å². The van der Waals surface area contributed by atoms with E-state index >= 15 is 0 Å². The third kappa shape index (κ3) is 4.70. The second kappa shape index (κ2) is 10.4. The van der Waals surface area contributed by atoms with Crippen LogP contribution in [0.25, 0.3) is 33.1 Å². The third-order valence-corrected chi connectivity index (χ3v) is 6.89. The number of ether oxygens (including phenoxy) is 2. The molecule has 1 aliphatic rings. The van der Waals surface area contributed by atoms with Crippen molar-refractivity contribution in [2.75, 3.05) is 33.9 Å². The van der Waals surface area contributed by atoms with E-state index in [1.807, 2.05) is 6.07 Å². The lowest BCUT2D eigenvalue weighted by Crippen LogP contribution is -2.32. The number of pyridine rings is 1. The normalized spacial score (nSPS) is 14.9. The van der Waals surface area contributed by atoms with Crippen LogP contribution in [0.2, 0.25) is 5.02 Å². The fraction of sp³-hybridized carbons (Fsp3) is 0.360. The van der Waals surface area contributed by atoms with Crippen molar-refractivity contribution in [1.82, 2.24) is 20.1 Å². The number of hydrogen-bond acceptors (Lipinski definition) is 6. The number of halogens is 3. The van der Waals surface area contributed by atoms with Gasteiger partial charge in [0.15, 0.2) is 17.1 Å². The Labute approximate surface area is 213 Å². The molecule has 3 heterocycles. The average molecular weight is 521 g/mol. The van der Waals surface area contributed by atoms with E-state index in [0.29, 0.717) is 51.9 Å². The van der Waals surface area contributed by atoms with Gasteiger partial charge >= 0.3 is 0 Å². The molecule has 0 atom stereocenters. The van der Waals surface area contributed by atoms with Crippen LogP contribution in [-0.4, -0.2) is 59.0 Å². The van der Waals surface area contributed by atoms with Crippen LogP contribution >= 0.6 is 24.0 Å². The summed E-state index contributed by atoms with van der Waals surface area (Å²) in [4.78, 5) is 7.03. The molecular weight excluding hydrogens is 494 g/mol. The zero-order valence-electron chi connectivity index (χ0n) is 19.5. The predicted molar refractivity (Wildman–Crippen MR) is 138 cm³/mol. The lowest BCUT2D eigenvalue weighted by molar-refractivity contribution is 0.157. The number of hydrogen-bond donors (Lipinski definition) is 2. The Morgan fingerprint density at radius 2 is 2.00 bits per heavy atom. The van der Waals surface area contributed by atoms with Crippen LogP contribution in [0.5, 0.6) is 17.2 Å². The van der Waals surface area contributed by atoms with Gasteiger partial charge in [-0.05, 0) is 63.2 Å². The fourth-order valence-electron chi connectivity index (χ4n) is 4.66. The molecule has 1 saturated heterocycles. The summed E-state index contributed by atoms with van der Waals surface area (Å²) in [5, 5.41) is 19.2. The van der Waals surface area contributed by atoms with Crippen molar-refractivity contribution in [2.24, 2.45) is 5.92 Å². The van der Waals surface area contributed by atoms with Gasteiger partial charge in [0, 0.05) is 27.3 Å². The zero-order chi connectivity index (χ0) is 23.8. The number of aromatic amines is 1. The van der Waals surface area contributed by atoms with Crippen molar-refractivity contribution >= 4 is 45.8 Å². The lowest BCUT2D eigenvalue weighted by atomic mass is 9.96. The Morgan fingerprint density at radius 3 is 2.69 bits per heavy atom. The molecule has 1 fully saturated rings. The minimum atomic E-state index is -0.769. The third-order valence-electron chi connectivity index (χ3n) is 6.59. The minimum Gasteiger partial charge on any atom is -0.506 e. The average Bonchev–Trinajstić information content (AvgIpc) is 3.33. The Kier molecular flexibility index (Phi) is 7.54. The van der Waals surface area contributed by atoms with Gasteiger partial charge in [-0.1, -0.05) is 11.6 Å². The molecule has 0 saturated carbocycles. The van der Waals surface area contributed by atoms with Crippen LogP contribution in [0.1, 0.15) is 18.4 Å². The highest BCUT2D eigenvalue weighted by Crippen LogP contribution is 2.44. The number of piperidine rings is 1. The highest BCUT2D eigenvalue weighted by molar-refractivity contribution is 6.32. The van der Waals surface area contributed by atoms with Gasteiger partial charge in [-0.15, -0.1) is 12.4 Å². The van der Waals surface area contributed by atoms with Crippen molar-refractivity contribution in [3.63, 3.8) is 0 Å². The molecule has 4 aromatic rings. The van der Waals surface area contributed by atoms with Crippen molar-refractivity contribution in [2.45, 2.75) is 19.5 Å². The first-order valence-corrected chi connectivity index (χ1v) is 11.6. The second-order valence-corrected chi connectivity index (χ2v) is 9.17. The molecule has 0 radical (unpaired) electrons. The van der Waals surface area contributed by atoms with Gasteiger partial charge in [0.1, 0.15) is 12.4 Å². The summed E-state index contributed by atoms with van der Waals surface area (Å²) in [5.41, 5.74) is 2.07. The van der Waals surface area contributed by atoms with Gasteiger partial charge < -0.3 is 19.5 Å². The predicted octanol–water partition coefficient (Wildman–Crippen LogP) is 5.76. The van der Waals surface area contributed by atoms with E-state index < -0.39 is 6.67 Å². The molecule has 0 amide bonds. The van der Waals surface area contributed by atoms with Crippen LogP contribution in [0.3, 0.4) is 0 Å². The number of methoxy groups -OCH3 is 1. The SMILES string of the molecule is COc1c(OCC2CCN(C)CC2)cc2c(c(-c3ccc(O)c(Cl)c3)nc3[nH]ncc32)c1CF.Cl. The van der Waals surface area contributed by atoms with Gasteiger partial charge in [-0.3, -0.25) is 5.10 Å². The molecule has 0 aliphatic carbocycles. The largest absolute Gasteiger partial charge is 0.506 e. The van der Waals surface area contributed by atoms with E-state index in [1.54, 1.807) is 18.3 Å². The van der Waals surface area contributed by atoms with E-state index in [9.17, 15) is 9.50 Å². The first-order chi connectivity index (χ1) is 16.5. The standard InChI is InChI=1S/C25H26ClFN4O3.ClH/c1-31-7-5-14(6-8-31)13-34-21-10-16-18-12-28-30-25(18)29-23(15-3-4-20(32)19(26)9-15)22(16)17(11-27)24(21)33-2;/h3-4,9-10,12,14,32H,5-8,11,13H2,1-2H3,(H,28,29,30);1H. The molecule has 7 nitrogen and oxygen atoms in total. The smallest absolute Gasteiger partial charge is 0.167 e. The van der Waals surface area contributed by atoms with Gasteiger partial charge in [0.25, 0.3) is 0 Å². The van der Waals surface area contributed by atoms with Crippen LogP contribution < -0.4 is 9.47 Å². The number of alkyl halides is 1. The molecule has 0 unspecified atom stereocenters. The number of likely N-dealkylation sites (tertiary alicyclic amines) is 1. The van der Waals surface area contributed by atoms with Gasteiger partial charge in [0.2, 0.25) is 0 Å². The Balaban J connectivity index is 0.00000289. The summed E-state index contributed by atoms with van der Waals surface area (Å²) in [6, 6.07) is 6.69. The molecule has 10 heteroatoms. The number of nitrogens with one attached hydrogen (secondary N) is 1. The minimum absolute atomic E-state index is 0. The highest BCUT2D eigenvalue weighted by atomic mass is 35.5.